The van der Waals surface area contributed by atoms with Crippen LogP contribution in [-0.4, -0.2) is 20.2 Å². The molecule has 1 fully saturated rings. The van der Waals surface area contributed by atoms with Crippen LogP contribution < -0.4 is 5.73 Å². The molecule has 0 aromatic heterocycles. The number of halogens is 1. The van der Waals surface area contributed by atoms with Crippen LogP contribution in [0.25, 0.3) is 0 Å². The topological polar surface area (TPSA) is 60.2 Å². The molecule has 0 bridgehead atoms. The molecule has 0 heterocycles. The lowest BCUT2D eigenvalue weighted by atomic mass is 10.1. The van der Waals surface area contributed by atoms with Gasteiger partial charge in [-0.05, 0) is 42.3 Å². The second-order valence-corrected chi connectivity index (χ2v) is 7.41. The maximum Gasteiger partial charge on any atom is 0.182 e. The molecule has 0 radical (unpaired) electrons. The predicted octanol–water partition coefficient (Wildman–Crippen LogP) is 2.34. The molecule has 5 heteroatoms. The summed E-state index contributed by atoms with van der Waals surface area (Å²) in [5.74, 6) is -0.590. The number of sulfone groups is 1. The van der Waals surface area contributed by atoms with Crippen molar-refractivity contribution in [3.63, 3.8) is 0 Å². The second-order valence-electron chi connectivity index (χ2n) is 5.30. The summed E-state index contributed by atoms with van der Waals surface area (Å²) in [6.45, 7) is 0.304. The first-order valence-electron chi connectivity index (χ1n) is 6.80. The summed E-state index contributed by atoms with van der Waals surface area (Å²) in [6.07, 6.45) is 0. The maximum absolute atomic E-state index is 13.0. The van der Waals surface area contributed by atoms with Crippen LogP contribution in [0.1, 0.15) is 11.5 Å². The van der Waals surface area contributed by atoms with Crippen molar-refractivity contribution in [3.8, 4) is 0 Å². The van der Waals surface area contributed by atoms with E-state index in [9.17, 15) is 12.8 Å². The monoisotopic (exact) mass is 305 g/mol. The molecule has 3 rings (SSSR count). The number of hydrogen-bond acceptors (Lipinski definition) is 3. The molecule has 1 aliphatic rings. The van der Waals surface area contributed by atoms with Crippen LogP contribution in [0.3, 0.4) is 0 Å². The first-order chi connectivity index (χ1) is 10.1. The summed E-state index contributed by atoms with van der Waals surface area (Å²) >= 11 is 0. The zero-order chi connectivity index (χ0) is 15.0. The molecule has 2 N–H and O–H groups in total. The van der Waals surface area contributed by atoms with Crippen molar-refractivity contribution in [2.75, 3.05) is 6.54 Å². The van der Waals surface area contributed by atoms with Gasteiger partial charge < -0.3 is 5.73 Å². The number of benzene rings is 2. The van der Waals surface area contributed by atoms with E-state index in [0.717, 1.165) is 5.56 Å². The third-order valence-corrected chi connectivity index (χ3v) is 6.34. The Morgan fingerprint density at radius 3 is 2.19 bits per heavy atom. The summed E-state index contributed by atoms with van der Waals surface area (Å²) in [6, 6.07) is 14.4. The van der Waals surface area contributed by atoms with Gasteiger partial charge in [0, 0.05) is 5.92 Å². The first-order valence-corrected chi connectivity index (χ1v) is 8.35. The normalized spacial score (nSPS) is 24.8. The van der Waals surface area contributed by atoms with E-state index in [1.54, 1.807) is 42.5 Å². The highest BCUT2D eigenvalue weighted by molar-refractivity contribution is 7.92. The largest absolute Gasteiger partial charge is 0.330 e. The Morgan fingerprint density at radius 1 is 1.00 bits per heavy atom. The highest BCUT2D eigenvalue weighted by Crippen LogP contribution is 2.53. The molecule has 1 aliphatic carbocycles. The Hall–Kier alpha value is -1.72. The van der Waals surface area contributed by atoms with Gasteiger partial charge in [0.15, 0.2) is 9.84 Å². The fourth-order valence-electron chi connectivity index (χ4n) is 2.94. The van der Waals surface area contributed by atoms with E-state index in [4.69, 9.17) is 5.73 Å². The average Bonchev–Trinajstić information content (AvgIpc) is 3.24. The molecular formula is C16H16FNO2S. The van der Waals surface area contributed by atoms with Crippen molar-refractivity contribution in [2.24, 2.45) is 11.7 Å². The van der Waals surface area contributed by atoms with Crippen molar-refractivity contribution >= 4 is 9.84 Å². The standard InChI is InChI=1S/C16H16FNO2S/c17-12-8-6-11(7-9-12)15-14(10-18)16(15)21(19,20)13-4-2-1-3-5-13/h1-9,14-16H,10,18H2/t14-,15-,16+/m1/s1. The molecule has 2 aromatic carbocycles. The van der Waals surface area contributed by atoms with Gasteiger partial charge in [0.2, 0.25) is 0 Å². The van der Waals surface area contributed by atoms with Crippen LogP contribution in [0.2, 0.25) is 0 Å². The maximum atomic E-state index is 13.0. The van der Waals surface area contributed by atoms with Crippen molar-refractivity contribution in [1.82, 2.24) is 0 Å². The smallest absolute Gasteiger partial charge is 0.182 e. The van der Waals surface area contributed by atoms with Crippen LogP contribution in [0.5, 0.6) is 0 Å². The fraction of sp³-hybridized carbons (Fsp3) is 0.250. The molecule has 0 unspecified atom stereocenters. The van der Waals surface area contributed by atoms with Gasteiger partial charge in [0.25, 0.3) is 0 Å². The van der Waals surface area contributed by atoms with Gasteiger partial charge in [-0.2, -0.15) is 0 Å². The minimum absolute atomic E-state index is 0.110. The molecule has 2 aromatic rings. The highest BCUT2D eigenvalue weighted by Gasteiger charge is 2.57. The summed E-state index contributed by atoms with van der Waals surface area (Å²) in [4.78, 5) is 0.318. The van der Waals surface area contributed by atoms with E-state index in [-0.39, 0.29) is 17.7 Å². The molecule has 0 saturated heterocycles. The van der Waals surface area contributed by atoms with Crippen molar-refractivity contribution in [3.05, 3.63) is 66.0 Å². The third kappa shape index (κ3) is 2.47. The molecule has 3 nitrogen and oxygen atoms in total. The van der Waals surface area contributed by atoms with Gasteiger partial charge in [0.1, 0.15) is 5.82 Å². The van der Waals surface area contributed by atoms with E-state index in [1.807, 2.05) is 0 Å². The molecule has 1 saturated carbocycles. The molecule has 0 amide bonds. The lowest BCUT2D eigenvalue weighted by molar-refractivity contribution is 0.591. The Kier molecular flexibility index (Phi) is 3.55. The summed E-state index contributed by atoms with van der Waals surface area (Å²) in [5, 5.41) is -0.518. The lowest BCUT2D eigenvalue weighted by Crippen LogP contribution is -2.13. The highest BCUT2D eigenvalue weighted by atomic mass is 32.2. The van der Waals surface area contributed by atoms with E-state index >= 15 is 0 Å². The van der Waals surface area contributed by atoms with Gasteiger partial charge in [-0.3, -0.25) is 0 Å². The van der Waals surface area contributed by atoms with Crippen molar-refractivity contribution in [2.45, 2.75) is 16.1 Å². The van der Waals surface area contributed by atoms with Crippen LogP contribution in [0.15, 0.2) is 59.5 Å². The summed E-state index contributed by atoms with van der Waals surface area (Å²) < 4.78 is 38.4. The number of nitrogens with two attached hydrogens (primary N) is 1. The van der Waals surface area contributed by atoms with E-state index in [1.165, 1.54) is 12.1 Å². The van der Waals surface area contributed by atoms with Crippen molar-refractivity contribution in [1.29, 1.82) is 0 Å². The average molecular weight is 305 g/mol. The van der Waals surface area contributed by atoms with E-state index in [0.29, 0.717) is 11.4 Å². The minimum Gasteiger partial charge on any atom is -0.330 e. The Morgan fingerprint density at radius 2 is 1.62 bits per heavy atom. The molecule has 0 spiro atoms. The quantitative estimate of drug-likeness (QED) is 0.943. The van der Waals surface area contributed by atoms with Gasteiger partial charge in [0.05, 0.1) is 10.1 Å². The van der Waals surface area contributed by atoms with Crippen molar-refractivity contribution < 1.29 is 12.8 Å². The Balaban J connectivity index is 1.94. The zero-order valence-corrected chi connectivity index (χ0v) is 12.1. The molecule has 0 aliphatic heterocycles. The van der Waals surface area contributed by atoms with Gasteiger partial charge in [-0.15, -0.1) is 0 Å². The predicted molar refractivity (Wildman–Crippen MR) is 79.1 cm³/mol. The zero-order valence-electron chi connectivity index (χ0n) is 11.3. The Bertz CT molecular complexity index is 729. The molecule has 21 heavy (non-hydrogen) atoms. The van der Waals surface area contributed by atoms with Crippen LogP contribution in [0.4, 0.5) is 4.39 Å². The van der Waals surface area contributed by atoms with Crippen LogP contribution in [0, 0.1) is 11.7 Å². The van der Waals surface area contributed by atoms with Gasteiger partial charge in [-0.25, -0.2) is 12.8 Å². The van der Waals surface area contributed by atoms with Gasteiger partial charge >= 0.3 is 0 Å². The first kappa shape index (κ1) is 14.2. The molecule has 110 valence electrons. The Labute approximate surface area is 123 Å². The summed E-state index contributed by atoms with van der Waals surface area (Å²) in [5.41, 5.74) is 6.55. The van der Waals surface area contributed by atoms with E-state index < -0.39 is 15.1 Å². The minimum atomic E-state index is -3.41. The molecular weight excluding hydrogens is 289 g/mol. The van der Waals surface area contributed by atoms with Crippen LogP contribution >= 0.6 is 0 Å². The molecule has 3 atom stereocenters. The summed E-state index contributed by atoms with van der Waals surface area (Å²) in [7, 11) is -3.41. The third-order valence-electron chi connectivity index (χ3n) is 4.05. The number of rotatable bonds is 4. The SMILES string of the molecule is NC[C@@H]1[C@@H](c2ccc(F)cc2)[C@H]1S(=O)(=O)c1ccccc1. The number of hydrogen-bond donors (Lipinski definition) is 1. The second kappa shape index (κ2) is 5.24. The fourth-order valence-corrected chi connectivity index (χ4v) is 5.18. The lowest BCUT2D eigenvalue weighted by Gasteiger charge is -2.04. The van der Waals surface area contributed by atoms with Gasteiger partial charge in [-0.1, -0.05) is 30.3 Å². The van der Waals surface area contributed by atoms with Crippen LogP contribution in [-0.2, 0) is 9.84 Å². The van der Waals surface area contributed by atoms with E-state index in [2.05, 4.69) is 0 Å².